The summed E-state index contributed by atoms with van der Waals surface area (Å²) in [5.41, 5.74) is 0. The number of fused-ring (bicyclic) bond motifs is 2. The van der Waals surface area contributed by atoms with Crippen LogP contribution in [0.15, 0.2) is 0 Å². The Morgan fingerprint density at radius 2 is 1.54 bits per heavy atom. The van der Waals surface area contributed by atoms with Crippen LogP contribution < -0.4 is 5.32 Å². The van der Waals surface area contributed by atoms with Gasteiger partial charge < -0.3 is 5.32 Å². The summed E-state index contributed by atoms with van der Waals surface area (Å²) in [5, 5.41) is 3.59. The number of nitrogens with one attached hydrogen (secondary N) is 1. The highest BCUT2D eigenvalue weighted by Gasteiger charge is 2.43. The molecule has 1 radical (unpaired) electrons. The van der Waals surface area contributed by atoms with Crippen LogP contribution in [0.4, 0.5) is 0 Å². The molecule has 1 heteroatoms. The average molecular weight is 178 g/mol. The monoisotopic (exact) mass is 178 g/mol. The molecule has 2 bridgehead atoms. The second-order valence-electron chi connectivity index (χ2n) is 5.15. The molecule has 1 aliphatic heterocycles. The van der Waals surface area contributed by atoms with Crippen molar-refractivity contribution in [2.45, 2.75) is 38.5 Å². The highest BCUT2D eigenvalue weighted by atomic mass is 14.9. The van der Waals surface area contributed by atoms with Crippen molar-refractivity contribution in [2.75, 3.05) is 13.1 Å². The fraction of sp³-hybridized carbons (Fsp3) is 0.917. The summed E-state index contributed by atoms with van der Waals surface area (Å²) in [5.74, 6) is 5.04. The van der Waals surface area contributed by atoms with Crippen molar-refractivity contribution in [3.63, 3.8) is 0 Å². The van der Waals surface area contributed by atoms with Gasteiger partial charge in [0.25, 0.3) is 0 Å². The van der Waals surface area contributed by atoms with Crippen molar-refractivity contribution >= 4 is 0 Å². The Kier molecular flexibility index (Phi) is 2.08. The van der Waals surface area contributed by atoms with Crippen LogP contribution in [0.3, 0.4) is 0 Å². The normalized spacial score (nSPS) is 45.7. The van der Waals surface area contributed by atoms with E-state index in [2.05, 4.69) is 5.32 Å². The van der Waals surface area contributed by atoms with E-state index in [4.69, 9.17) is 0 Å². The van der Waals surface area contributed by atoms with Crippen molar-refractivity contribution in [3.05, 3.63) is 5.92 Å². The van der Waals surface area contributed by atoms with Crippen LogP contribution in [0.5, 0.6) is 0 Å². The Morgan fingerprint density at radius 1 is 0.923 bits per heavy atom. The Hall–Kier alpha value is -0.0400. The quantitative estimate of drug-likeness (QED) is 0.650. The maximum absolute atomic E-state index is 3.59. The molecule has 1 heterocycles. The lowest BCUT2D eigenvalue weighted by Gasteiger charge is -2.34. The summed E-state index contributed by atoms with van der Waals surface area (Å²) in [6.07, 6.45) is 8.92. The highest BCUT2D eigenvalue weighted by molar-refractivity contribution is 5.09. The Morgan fingerprint density at radius 3 is 2.15 bits per heavy atom. The summed E-state index contributed by atoms with van der Waals surface area (Å²) in [7, 11) is 0. The topological polar surface area (TPSA) is 12.0 Å². The summed E-state index contributed by atoms with van der Waals surface area (Å²) in [4.78, 5) is 0. The third-order valence-corrected chi connectivity index (χ3v) is 4.45. The second kappa shape index (κ2) is 3.27. The molecule has 3 fully saturated rings. The van der Waals surface area contributed by atoms with Crippen molar-refractivity contribution < 1.29 is 0 Å². The Bertz CT molecular complexity index is 168. The molecule has 0 aromatic rings. The molecule has 0 spiro atoms. The van der Waals surface area contributed by atoms with Gasteiger partial charge in [0, 0.05) is 0 Å². The van der Waals surface area contributed by atoms with Gasteiger partial charge in [-0.15, -0.1) is 0 Å². The first-order chi connectivity index (χ1) is 6.45. The molecule has 0 aromatic carbocycles. The van der Waals surface area contributed by atoms with Crippen LogP contribution in [0.1, 0.15) is 38.5 Å². The van der Waals surface area contributed by atoms with Gasteiger partial charge in [0.1, 0.15) is 0 Å². The molecule has 2 saturated carbocycles. The smallest absolute Gasteiger partial charge is 0.00174 e. The molecule has 2 aliphatic carbocycles. The molecule has 1 nitrogen and oxygen atoms in total. The lowest BCUT2D eigenvalue weighted by Crippen LogP contribution is -2.40. The fourth-order valence-corrected chi connectivity index (χ4v) is 3.91. The van der Waals surface area contributed by atoms with E-state index in [1.807, 2.05) is 5.92 Å². The van der Waals surface area contributed by atoms with Crippen molar-refractivity contribution in [2.24, 2.45) is 17.8 Å². The summed E-state index contributed by atoms with van der Waals surface area (Å²) < 4.78 is 0. The predicted molar refractivity (Wildman–Crippen MR) is 54.3 cm³/mol. The van der Waals surface area contributed by atoms with Gasteiger partial charge in [-0.25, -0.2) is 0 Å². The Labute approximate surface area is 81.3 Å². The first-order valence-electron chi connectivity index (χ1n) is 6.00. The standard InChI is InChI=1S/C12H20N/c1-2-4-9(3-1)12-10-5-6-11(12)8-13-7-10/h10-13H,1-8H2. The highest BCUT2D eigenvalue weighted by Crippen LogP contribution is 2.49. The zero-order chi connectivity index (χ0) is 8.67. The summed E-state index contributed by atoms with van der Waals surface area (Å²) in [6, 6.07) is 0. The van der Waals surface area contributed by atoms with Crippen LogP contribution in [0.2, 0.25) is 0 Å². The first kappa shape index (κ1) is 8.28. The first-order valence-corrected chi connectivity index (χ1v) is 6.00. The molecule has 1 saturated heterocycles. The van der Waals surface area contributed by atoms with Gasteiger partial charge >= 0.3 is 0 Å². The van der Waals surface area contributed by atoms with Gasteiger partial charge in [0.15, 0.2) is 0 Å². The molecule has 2 unspecified atom stereocenters. The second-order valence-corrected chi connectivity index (χ2v) is 5.15. The van der Waals surface area contributed by atoms with Gasteiger partial charge in [-0.1, -0.05) is 12.8 Å². The van der Waals surface area contributed by atoms with Crippen LogP contribution in [0, 0.1) is 23.7 Å². The molecule has 3 aliphatic rings. The maximum atomic E-state index is 3.59. The van der Waals surface area contributed by atoms with Gasteiger partial charge in [0.2, 0.25) is 0 Å². The zero-order valence-electron chi connectivity index (χ0n) is 8.39. The van der Waals surface area contributed by atoms with Crippen LogP contribution in [0.25, 0.3) is 0 Å². The fourth-order valence-electron chi connectivity index (χ4n) is 3.91. The summed E-state index contributed by atoms with van der Waals surface area (Å²) >= 11 is 0. The molecule has 0 amide bonds. The van der Waals surface area contributed by atoms with E-state index < -0.39 is 0 Å². The minimum atomic E-state index is 1.02. The van der Waals surface area contributed by atoms with Crippen LogP contribution in [-0.4, -0.2) is 13.1 Å². The third kappa shape index (κ3) is 1.32. The van der Waals surface area contributed by atoms with Crippen molar-refractivity contribution in [1.29, 1.82) is 0 Å². The molecule has 3 rings (SSSR count). The Balaban J connectivity index is 1.75. The molecule has 13 heavy (non-hydrogen) atoms. The van der Waals surface area contributed by atoms with E-state index in [0.29, 0.717) is 0 Å². The lowest BCUT2D eigenvalue weighted by molar-refractivity contribution is 0.250. The van der Waals surface area contributed by atoms with Crippen molar-refractivity contribution in [3.8, 4) is 0 Å². The van der Waals surface area contributed by atoms with Gasteiger partial charge in [-0.3, -0.25) is 0 Å². The minimum absolute atomic E-state index is 1.02. The predicted octanol–water partition coefficient (Wildman–Crippen LogP) is 2.38. The number of hydrogen-bond donors (Lipinski definition) is 1. The number of piperidine rings is 1. The molecule has 2 atom stereocenters. The van der Waals surface area contributed by atoms with E-state index in [1.165, 1.54) is 51.6 Å². The van der Waals surface area contributed by atoms with E-state index >= 15 is 0 Å². The molecule has 73 valence electrons. The maximum Gasteiger partial charge on any atom is -0.00174 e. The average Bonchev–Trinajstić information content (AvgIpc) is 2.72. The van der Waals surface area contributed by atoms with E-state index in [1.54, 1.807) is 0 Å². The molecule has 0 aromatic heterocycles. The lowest BCUT2D eigenvalue weighted by atomic mass is 9.76. The number of hydrogen-bond acceptors (Lipinski definition) is 1. The minimum Gasteiger partial charge on any atom is -0.316 e. The van der Waals surface area contributed by atoms with E-state index in [0.717, 1.165) is 17.8 Å². The zero-order valence-corrected chi connectivity index (χ0v) is 8.39. The van der Waals surface area contributed by atoms with Gasteiger partial charge in [-0.05, 0) is 62.4 Å². The van der Waals surface area contributed by atoms with Crippen LogP contribution >= 0.6 is 0 Å². The SMILES string of the molecule is C1CC[C](C2C3CCC2CNC3)C1. The molecular weight excluding hydrogens is 158 g/mol. The van der Waals surface area contributed by atoms with Crippen LogP contribution in [-0.2, 0) is 0 Å². The largest absolute Gasteiger partial charge is 0.316 e. The van der Waals surface area contributed by atoms with E-state index in [9.17, 15) is 0 Å². The van der Waals surface area contributed by atoms with Gasteiger partial charge in [-0.2, -0.15) is 0 Å². The summed E-state index contributed by atoms with van der Waals surface area (Å²) in [6.45, 7) is 2.62. The number of rotatable bonds is 1. The molecule has 1 N–H and O–H groups in total. The molecular formula is C12H20N. The third-order valence-electron chi connectivity index (χ3n) is 4.45. The van der Waals surface area contributed by atoms with Gasteiger partial charge in [0.05, 0.1) is 0 Å². The van der Waals surface area contributed by atoms with E-state index in [-0.39, 0.29) is 0 Å². The van der Waals surface area contributed by atoms with Crippen molar-refractivity contribution in [1.82, 2.24) is 5.32 Å².